The molecule has 0 fully saturated rings. The Bertz CT molecular complexity index is 325. The molecule has 3 heteroatoms. The zero-order valence-corrected chi connectivity index (χ0v) is 5.61. The van der Waals surface area contributed by atoms with Gasteiger partial charge in [-0.1, -0.05) is 24.3 Å². The Hall–Kier alpha value is -1.82. The van der Waals surface area contributed by atoms with Gasteiger partial charge in [0.05, 0.1) is 12.1 Å². The smallest absolute Gasteiger partial charge is 0.325 e. The number of benzene rings is 1. The van der Waals surface area contributed by atoms with E-state index in [1.54, 1.807) is 12.1 Å². The minimum absolute atomic E-state index is 0.0579. The van der Waals surface area contributed by atoms with Gasteiger partial charge in [-0.15, -0.1) is 0 Å². The van der Waals surface area contributed by atoms with Crippen molar-refractivity contribution >= 4 is 11.7 Å². The first-order valence-corrected chi connectivity index (χ1v) is 2.95. The zero-order valence-electron chi connectivity index (χ0n) is 5.61. The maximum Gasteiger partial charge on any atom is 0.325 e. The van der Waals surface area contributed by atoms with Crippen molar-refractivity contribution in [2.45, 2.75) is 0 Å². The quantitative estimate of drug-likeness (QED) is 0.616. The van der Waals surface area contributed by atoms with Crippen molar-refractivity contribution in [1.82, 2.24) is 0 Å². The van der Waals surface area contributed by atoms with Crippen molar-refractivity contribution in [3.05, 3.63) is 41.2 Å². The third kappa shape index (κ3) is 1.36. The molecule has 1 aromatic rings. The summed E-state index contributed by atoms with van der Waals surface area (Å²) >= 11 is 0. The lowest BCUT2D eigenvalue weighted by molar-refractivity contribution is 0.0698. The molecule has 0 aliphatic rings. The summed E-state index contributed by atoms with van der Waals surface area (Å²) in [5, 5.41) is 8.55. The van der Waals surface area contributed by atoms with Gasteiger partial charge in [0.25, 0.3) is 0 Å². The Morgan fingerprint density at radius 2 is 2.09 bits per heavy atom. The number of nitrogens with zero attached hydrogens (tertiary/aromatic N) is 1. The van der Waals surface area contributed by atoms with Crippen molar-refractivity contribution in [2.24, 2.45) is 0 Å². The molecular weight excluding hydrogens is 142 g/mol. The molecule has 0 heterocycles. The summed E-state index contributed by atoms with van der Waals surface area (Å²) < 4.78 is 0. The molecule has 0 aliphatic carbocycles. The van der Waals surface area contributed by atoms with E-state index in [0.29, 0.717) is 0 Å². The highest BCUT2D eigenvalue weighted by Crippen LogP contribution is 2.17. The maximum atomic E-state index is 10.4. The molecule has 0 saturated carbocycles. The van der Waals surface area contributed by atoms with Crippen LogP contribution in [0.4, 0.5) is 5.69 Å². The van der Waals surface area contributed by atoms with Crippen LogP contribution in [0.15, 0.2) is 24.3 Å². The van der Waals surface area contributed by atoms with Gasteiger partial charge in [-0.25, -0.2) is 9.64 Å². The van der Waals surface area contributed by atoms with E-state index in [9.17, 15) is 4.79 Å². The van der Waals surface area contributed by atoms with Gasteiger partial charge in [0.1, 0.15) is 0 Å². The molecule has 1 N–H and O–H groups in total. The summed E-state index contributed by atoms with van der Waals surface area (Å²) in [7, 11) is 0. The predicted molar refractivity (Wildman–Crippen MR) is 39.7 cm³/mol. The normalized spacial score (nSPS) is 8.64. The average Bonchev–Trinajstić information content (AvgIpc) is 2.04. The fraction of sp³-hybridized carbons (Fsp3) is 0. The Morgan fingerprint density at radius 3 is 2.55 bits per heavy atom. The van der Waals surface area contributed by atoms with E-state index < -0.39 is 5.97 Å². The predicted octanol–water partition coefficient (Wildman–Crippen LogP) is 1.94. The van der Waals surface area contributed by atoms with Crippen molar-refractivity contribution in [2.75, 3.05) is 0 Å². The number of carboxylic acids is 1. The molecule has 0 spiro atoms. The lowest BCUT2D eigenvalue weighted by atomic mass is 10.2. The maximum absolute atomic E-state index is 10.4. The number of hydrogen-bond donors (Lipinski definition) is 1. The second-order valence-corrected chi connectivity index (χ2v) is 1.93. The molecule has 0 aromatic heterocycles. The van der Waals surface area contributed by atoms with Gasteiger partial charge in [0.15, 0.2) is 0 Å². The third-order valence-electron chi connectivity index (χ3n) is 1.25. The lowest BCUT2D eigenvalue weighted by Gasteiger charge is -1.94. The Labute approximate surface area is 63.7 Å². The molecule has 0 saturated heterocycles. The van der Waals surface area contributed by atoms with Crippen LogP contribution >= 0.6 is 0 Å². The molecule has 0 unspecified atom stereocenters. The molecular formula is C8H5NO2. The Morgan fingerprint density at radius 1 is 1.45 bits per heavy atom. The number of hydrogen-bond acceptors (Lipinski definition) is 1. The summed E-state index contributed by atoms with van der Waals surface area (Å²) in [5.41, 5.74) is 0.238. The molecule has 1 rings (SSSR count). The number of para-hydroxylation sites is 1. The van der Waals surface area contributed by atoms with Crippen LogP contribution in [0.2, 0.25) is 0 Å². The first kappa shape index (κ1) is 7.29. The van der Waals surface area contributed by atoms with Crippen LogP contribution < -0.4 is 0 Å². The van der Waals surface area contributed by atoms with Crippen LogP contribution in [0.3, 0.4) is 0 Å². The molecule has 11 heavy (non-hydrogen) atoms. The molecule has 0 radical (unpaired) electrons. The van der Waals surface area contributed by atoms with Gasteiger partial charge in [0, 0.05) is 0 Å². The topological polar surface area (TPSA) is 41.7 Å². The molecule has 0 atom stereocenters. The largest absolute Gasteiger partial charge is 0.479 e. The monoisotopic (exact) mass is 147 g/mol. The van der Waals surface area contributed by atoms with E-state index in [1.807, 2.05) is 0 Å². The SMILES string of the molecule is [C-]#[N+]c1ccccc1C(=O)O. The second-order valence-electron chi connectivity index (χ2n) is 1.93. The van der Waals surface area contributed by atoms with Crippen LogP contribution in [-0.2, 0) is 0 Å². The molecule has 54 valence electrons. The van der Waals surface area contributed by atoms with Crippen LogP contribution in [0.1, 0.15) is 10.4 Å². The molecule has 3 nitrogen and oxygen atoms in total. The molecule has 0 bridgehead atoms. The molecule has 1 aromatic carbocycles. The van der Waals surface area contributed by atoms with Crippen molar-refractivity contribution in [1.29, 1.82) is 0 Å². The van der Waals surface area contributed by atoms with Gasteiger partial charge in [-0.3, -0.25) is 0 Å². The first-order valence-electron chi connectivity index (χ1n) is 2.95. The average molecular weight is 147 g/mol. The molecule has 0 aliphatic heterocycles. The van der Waals surface area contributed by atoms with E-state index >= 15 is 0 Å². The van der Waals surface area contributed by atoms with Gasteiger partial charge in [0.2, 0.25) is 5.69 Å². The minimum atomic E-state index is -1.06. The van der Waals surface area contributed by atoms with Crippen LogP contribution in [0.5, 0.6) is 0 Å². The van der Waals surface area contributed by atoms with E-state index in [1.165, 1.54) is 12.1 Å². The van der Waals surface area contributed by atoms with Gasteiger partial charge in [-0.05, 0) is 0 Å². The third-order valence-corrected chi connectivity index (χ3v) is 1.25. The fourth-order valence-electron chi connectivity index (χ4n) is 0.752. The van der Waals surface area contributed by atoms with E-state index in [-0.39, 0.29) is 11.3 Å². The van der Waals surface area contributed by atoms with Crippen molar-refractivity contribution < 1.29 is 9.90 Å². The first-order chi connectivity index (χ1) is 5.25. The minimum Gasteiger partial charge on any atom is -0.479 e. The van der Waals surface area contributed by atoms with Crippen molar-refractivity contribution in [3.63, 3.8) is 0 Å². The second kappa shape index (κ2) is 2.84. The zero-order chi connectivity index (χ0) is 8.27. The van der Waals surface area contributed by atoms with Crippen LogP contribution in [0, 0.1) is 6.57 Å². The number of carboxylic acid groups (broad SMARTS) is 1. The summed E-state index contributed by atoms with van der Waals surface area (Å²) in [5.74, 6) is -1.06. The highest BCUT2D eigenvalue weighted by atomic mass is 16.4. The van der Waals surface area contributed by atoms with Gasteiger partial charge in [-0.2, -0.15) is 0 Å². The fourth-order valence-corrected chi connectivity index (χ4v) is 0.752. The highest BCUT2D eigenvalue weighted by Gasteiger charge is 2.06. The van der Waals surface area contributed by atoms with E-state index in [2.05, 4.69) is 4.85 Å². The molecule has 0 amide bonds. The lowest BCUT2D eigenvalue weighted by Crippen LogP contribution is -1.94. The highest BCUT2D eigenvalue weighted by molar-refractivity contribution is 5.94. The van der Waals surface area contributed by atoms with Crippen LogP contribution in [-0.4, -0.2) is 11.1 Å². The summed E-state index contributed by atoms with van der Waals surface area (Å²) in [4.78, 5) is 13.5. The number of carbonyl (C=O) groups is 1. The van der Waals surface area contributed by atoms with Crippen molar-refractivity contribution in [3.8, 4) is 0 Å². The van der Waals surface area contributed by atoms with E-state index in [0.717, 1.165) is 0 Å². The Balaban J connectivity index is 3.26. The van der Waals surface area contributed by atoms with Crippen LogP contribution in [0.25, 0.3) is 4.85 Å². The summed E-state index contributed by atoms with van der Waals surface area (Å²) in [6.45, 7) is 6.64. The van der Waals surface area contributed by atoms with Gasteiger partial charge < -0.3 is 5.11 Å². The van der Waals surface area contributed by atoms with E-state index in [4.69, 9.17) is 11.7 Å². The van der Waals surface area contributed by atoms with Gasteiger partial charge >= 0.3 is 5.97 Å². The summed E-state index contributed by atoms with van der Waals surface area (Å²) in [6.07, 6.45) is 0. The standard InChI is InChI=1S/C8H5NO2/c1-9-7-5-3-2-4-6(7)8(10)11/h2-5H,(H,10,11). The Kier molecular flexibility index (Phi) is 1.88. The number of aromatic carboxylic acids is 1. The number of rotatable bonds is 1. The summed E-state index contributed by atoms with van der Waals surface area (Å²) in [6, 6.07) is 6.13.